The van der Waals surface area contributed by atoms with Crippen LogP contribution in [0.5, 0.6) is 17.2 Å². The number of anilines is 1. The number of ether oxygens (including phenoxy) is 3. The Bertz CT molecular complexity index is 748. The van der Waals surface area contributed by atoms with Crippen LogP contribution < -0.4 is 19.5 Å². The number of rotatable bonds is 7. The van der Waals surface area contributed by atoms with Gasteiger partial charge in [0.05, 0.1) is 33.3 Å². The molecule has 9 heteroatoms. The number of nitrogens with one attached hydrogen (secondary N) is 1. The Labute approximate surface area is 164 Å². The number of amides is 2. The molecule has 0 radical (unpaired) electrons. The summed E-state index contributed by atoms with van der Waals surface area (Å²) in [5.41, 5.74) is 0.599. The van der Waals surface area contributed by atoms with E-state index in [1.165, 1.54) is 0 Å². The van der Waals surface area contributed by atoms with Gasteiger partial charge in [-0.05, 0) is 0 Å². The van der Waals surface area contributed by atoms with Gasteiger partial charge in [0.15, 0.2) is 11.5 Å². The number of aromatic nitrogens is 2. The van der Waals surface area contributed by atoms with E-state index in [2.05, 4.69) is 19.8 Å². The van der Waals surface area contributed by atoms with Gasteiger partial charge in [0.1, 0.15) is 0 Å². The second-order valence-electron chi connectivity index (χ2n) is 6.47. The minimum absolute atomic E-state index is 0.136. The number of benzene rings is 1. The molecular formula is C19H27N5O4. The van der Waals surface area contributed by atoms with Gasteiger partial charge >= 0.3 is 6.03 Å². The lowest BCUT2D eigenvalue weighted by molar-refractivity contribution is 0.144. The molecule has 2 aromatic rings. The Kier molecular flexibility index (Phi) is 6.59. The first-order valence-electron chi connectivity index (χ1n) is 9.18. The zero-order valence-corrected chi connectivity index (χ0v) is 16.6. The fourth-order valence-electron chi connectivity index (χ4n) is 3.21. The third kappa shape index (κ3) is 4.66. The van der Waals surface area contributed by atoms with Crippen molar-refractivity contribution in [2.75, 3.05) is 59.4 Å². The summed E-state index contributed by atoms with van der Waals surface area (Å²) in [7, 11) is 4.64. The van der Waals surface area contributed by atoms with Gasteiger partial charge in [-0.25, -0.2) is 9.78 Å². The zero-order chi connectivity index (χ0) is 19.9. The van der Waals surface area contributed by atoms with E-state index in [0.29, 0.717) is 36.0 Å². The molecule has 152 valence electrons. The first-order valence-corrected chi connectivity index (χ1v) is 9.18. The molecule has 1 aromatic carbocycles. The summed E-state index contributed by atoms with van der Waals surface area (Å²) in [5, 5.41) is 2.92. The summed E-state index contributed by atoms with van der Waals surface area (Å²) in [6, 6.07) is 3.31. The highest BCUT2D eigenvalue weighted by Gasteiger charge is 2.22. The van der Waals surface area contributed by atoms with Gasteiger partial charge in [0, 0.05) is 63.8 Å². The molecule has 1 N–H and O–H groups in total. The van der Waals surface area contributed by atoms with E-state index in [1.54, 1.807) is 39.7 Å². The van der Waals surface area contributed by atoms with Crippen LogP contribution >= 0.6 is 0 Å². The van der Waals surface area contributed by atoms with Gasteiger partial charge in [-0.3, -0.25) is 4.90 Å². The van der Waals surface area contributed by atoms with Crippen LogP contribution in [0.3, 0.4) is 0 Å². The Balaban J connectivity index is 1.54. The van der Waals surface area contributed by atoms with Crippen LogP contribution in [-0.2, 0) is 6.54 Å². The number of piperazine rings is 1. The quantitative estimate of drug-likeness (QED) is 0.777. The standard InChI is InChI=1S/C19H27N5O4/c1-26-16-12-15(13-17(27-2)18(16)28-3)21-19(25)24-10-8-22(9-11-24)6-7-23-5-4-20-14-23/h4-5,12-14H,6-11H2,1-3H3,(H,21,25). The summed E-state index contributed by atoms with van der Waals surface area (Å²) in [6.45, 7) is 4.89. The number of carbonyl (C=O) groups excluding carboxylic acids is 1. The third-order valence-corrected chi connectivity index (χ3v) is 4.81. The second-order valence-corrected chi connectivity index (χ2v) is 6.47. The van der Waals surface area contributed by atoms with Gasteiger partial charge < -0.3 is 29.0 Å². The molecule has 2 amide bonds. The first kappa shape index (κ1) is 19.8. The summed E-state index contributed by atoms with van der Waals surface area (Å²) in [6.07, 6.45) is 5.56. The van der Waals surface area contributed by atoms with Crippen LogP contribution in [0.4, 0.5) is 10.5 Å². The van der Waals surface area contributed by atoms with Crippen molar-refractivity contribution in [2.24, 2.45) is 0 Å². The number of hydrogen-bond acceptors (Lipinski definition) is 6. The molecule has 0 saturated carbocycles. The minimum Gasteiger partial charge on any atom is -0.493 e. The molecule has 1 saturated heterocycles. The van der Waals surface area contributed by atoms with E-state index < -0.39 is 0 Å². The predicted molar refractivity (Wildman–Crippen MR) is 105 cm³/mol. The van der Waals surface area contributed by atoms with Crippen LogP contribution in [0.2, 0.25) is 0 Å². The third-order valence-electron chi connectivity index (χ3n) is 4.81. The predicted octanol–water partition coefficient (Wildman–Crippen LogP) is 1.76. The van der Waals surface area contributed by atoms with Crippen molar-refractivity contribution in [2.45, 2.75) is 6.54 Å². The summed E-state index contributed by atoms with van der Waals surface area (Å²) in [5.74, 6) is 1.50. The van der Waals surface area contributed by atoms with E-state index in [4.69, 9.17) is 14.2 Å². The molecule has 1 aliphatic rings. The van der Waals surface area contributed by atoms with Crippen LogP contribution in [0.15, 0.2) is 30.9 Å². The number of nitrogens with zero attached hydrogens (tertiary/aromatic N) is 4. The van der Waals surface area contributed by atoms with Crippen LogP contribution in [0.25, 0.3) is 0 Å². The van der Waals surface area contributed by atoms with Crippen molar-refractivity contribution in [3.05, 3.63) is 30.9 Å². The summed E-state index contributed by atoms with van der Waals surface area (Å²) in [4.78, 5) is 20.9. The van der Waals surface area contributed by atoms with Crippen LogP contribution in [0.1, 0.15) is 0 Å². The fourth-order valence-corrected chi connectivity index (χ4v) is 3.21. The van der Waals surface area contributed by atoms with Crippen molar-refractivity contribution in [1.82, 2.24) is 19.4 Å². The summed E-state index contributed by atoms with van der Waals surface area (Å²) < 4.78 is 18.0. The minimum atomic E-state index is -0.136. The molecular weight excluding hydrogens is 362 g/mol. The normalized spacial score (nSPS) is 14.6. The van der Waals surface area contributed by atoms with Crippen LogP contribution in [0, 0.1) is 0 Å². The van der Waals surface area contributed by atoms with Crippen molar-refractivity contribution >= 4 is 11.7 Å². The van der Waals surface area contributed by atoms with Gasteiger partial charge in [-0.15, -0.1) is 0 Å². The Hall–Kier alpha value is -2.94. The lowest BCUT2D eigenvalue weighted by atomic mass is 10.2. The molecule has 0 aliphatic carbocycles. The highest BCUT2D eigenvalue weighted by molar-refractivity contribution is 5.90. The highest BCUT2D eigenvalue weighted by Crippen LogP contribution is 2.39. The van der Waals surface area contributed by atoms with E-state index in [-0.39, 0.29) is 6.03 Å². The average Bonchev–Trinajstić information content (AvgIpc) is 3.25. The number of hydrogen-bond donors (Lipinski definition) is 1. The molecule has 28 heavy (non-hydrogen) atoms. The molecule has 0 atom stereocenters. The van der Waals surface area contributed by atoms with Crippen molar-refractivity contribution in [1.29, 1.82) is 0 Å². The molecule has 1 aromatic heterocycles. The maximum atomic E-state index is 12.6. The van der Waals surface area contributed by atoms with Crippen molar-refractivity contribution in [3.8, 4) is 17.2 Å². The SMILES string of the molecule is COc1cc(NC(=O)N2CCN(CCn3ccnc3)CC2)cc(OC)c1OC. The van der Waals surface area contributed by atoms with Gasteiger partial charge in [-0.2, -0.15) is 0 Å². The number of imidazole rings is 1. The van der Waals surface area contributed by atoms with Crippen molar-refractivity contribution in [3.63, 3.8) is 0 Å². The lowest BCUT2D eigenvalue weighted by Crippen LogP contribution is -2.50. The number of methoxy groups -OCH3 is 3. The largest absolute Gasteiger partial charge is 0.493 e. The number of urea groups is 1. The zero-order valence-electron chi connectivity index (χ0n) is 16.6. The van der Waals surface area contributed by atoms with Gasteiger partial charge in [0.2, 0.25) is 5.75 Å². The molecule has 9 nitrogen and oxygen atoms in total. The average molecular weight is 389 g/mol. The second kappa shape index (κ2) is 9.32. The molecule has 0 unspecified atom stereocenters. The van der Waals surface area contributed by atoms with E-state index in [9.17, 15) is 4.79 Å². The molecule has 2 heterocycles. The van der Waals surface area contributed by atoms with E-state index in [1.807, 2.05) is 17.4 Å². The van der Waals surface area contributed by atoms with Gasteiger partial charge in [0.25, 0.3) is 0 Å². The lowest BCUT2D eigenvalue weighted by Gasteiger charge is -2.34. The smallest absolute Gasteiger partial charge is 0.321 e. The molecule has 0 spiro atoms. The Morgan fingerprint density at radius 2 is 1.71 bits per heavy atom. The van der Waals surface area contributed by atoms with E-state index in [0.717, 1.165) is 26.2 Å². The molecule has 1 fully saturated rings. The Morgan fingerprint density at radius 3 is 2.25 bits per heavy atom. The summed E-state index contributed by atoms with van der Waals surface area (Å²) >= 11 is 0. The topological polar surface area (TPSA) is 81.1 Å². The number of carbonyl (C=O) groups is 1. The molecule has 1 aliphatic heterocycles. The Morgan fingerprint density at radius 1 is 1.04 bits per heavy atom. The monoisotopic (exact) mass is 389 g/mol. The van der Waals surface area contributed by atoms with Crippen molar-refractivity contribution < 1.29 is 19.0 Å². The van der Waals surface area contributed by atoms with Crippen LogP contribution in [-0.4, -0.2) is 79.4 Å². The van der Waals surface area contributed by atoms with E-state index >= 15 is 0 Å². The highest BCUT2D eigenvalue weighted by atomic mass is 16.5. The maximum Gasteiger partial charge on any atom is 0.321 e. The first-order chi connectivity index (χ1) is 13.6. The molecule has 3 rings (SSSR count). The molecule has 0 bridgehead atoms. The fraction of sp³-hybridized carbons (Fsp3) is 0.474. The maximum absolute atomic E-state index is 12.6. The van der Waals surface area contributed by atoms with Gasteiger partial charge in [-0.1, -0.05) is 0 Å².